The Labute approximate surface area is 127 Å². The summed E-state index contributed by atoms with van der Waals surface area (Å²) in [5.41, 5.74) is -0.440. The van der Waals surface area contributed by atoms with E-state index in [1.54, 1.807) is 4.90 Å². The molecule has 21 heavy (non-hydrogen) atoms. The van der Waals surface area contributed by atoms with E-state index in [-0.39, 0.29) is 17.9 Å². The molecule has 5 heteroatoms. The minimum atomic E-state index is -0.440. The first-order valence-electron chi connectivity index (χ1n) is 8.11. The van der Waals surface area contributed by atoms with Gasteiger partial charge in [0.15, 0.2) is 0 Å². The van der Waals surface area contributed by atoms with E-state index in [0.29, 0.717) is 5.92 Å². The minimum Gasteiger partial charge on any atom is -0.444 e. The van der Waals surface area contributed by atoms with Crippen LogP contribution in [-0.4, -0.2) is 42.1 Å². The van der Waals surface area contributed by atoms with Crippen molar-refractivity contribution in [2.45, 2.75) is 58.5 Å². The van der Waals surface area contributed by atoms with Gasteiger partial charge >= 0.3 is 6.09 Å². The van der Waals surface area contributed by atoms with Crippen LogP contribution in [0.3, 0.4) is 0 Å². The van der Waals surface area contributed by atoms with Crippen LogP contribution in [0.4, 0.5) is 4.79 Å². The van der Waals surface area contributed by atoms with E-state index >= 15 is 0 Å². The third-order valence-corrected chi connectivity index (χ3v) is 4.31. The molecule has 1 saturated heterocycles. The van der Waals surface area contributed by atoms with Crippen molar-refractivity contribution in [3.8, 4) is 0 Å². The van der Waals surface area contributed by atoms with Crippen molar-refractivity contribution in [1.29, 1.82) is 0 Å². The Hall–Kier alpha value is -1.26. The molecular weight excluding hydrogens is 268 g/mol. The first-order chi connectivity index (χ1) is 9.85. The minimum absolute atomic E-state index is 0.218. The molecule has 0 aromatic carbocycles. The SMILES string of the molecule is CC(C)(C)OC(=O)N1CCC(CNC(=O)C2CCC2)CC1. The topological polar surface area (TPSA) is 58.6 Å². The molecule has 0 aromatic heterocycles. The number of ether oxygens (including phenoxy) is 1. The Morgan fingerprint density at radius 1 is 1.14 bits per heavy atom. The second-order valence-electron chi connectivity index (χ2n) is 7.28. The van der Waals surface area contributed by atoms with Gasteiger partial charge in [0.2, 0.25) is 5.91 Å². The number of rotatable bonds is 3. The molecule has 1 heterocycles. The lowest BCUT2D eigenvalue weighted by molar-refractivity contribution is -0.127. The van der Waals surface area contributed by atoms with Crippen molar-refractivity contribution in [2.24, 2.45) is 11.8 Å². The van der Waals surface area contributed by atoms with Crippen molar-refractivity contribution in [3.63, 3.8) is 0 Å². The van der Waals surface area contributed by atoms with E-state index in [1.807, 2.05) is 20.8 Å². The van der Waals surface area contributed by atoms with Crippen LogP contribution >= 0.6 is 0 Å². The van der Waals surface area contributed by atoms with E-state index in [0.717, 1.165) is 45.3 Å². The predicted molar refractivity (Wildman–Crippen MR) is 80.9 cm³/mol. The predicted octanol–water partition coefficient (Wildman–Crippen LogP) is 2.55. The van der Waals surface area contributed by atoms with Gasteiger partial charge in [0.1, 0.15) is 5.60 Å². The van der Waals surface area contributed by atoms with Gasteiger partial charge in [-0.15, -0.1) is 0 Å². The Balaban J connectivity index is 1.65. The zero-order valence-electron chi connectivity index (χ0n) is 13.5. The largest absolute Gasteiger partial charge is 0.444 e. The molecule has 0 bridgehead atoms. The Bertz CT molecular complexity index is 377. The average Bonchev–Trinajstić information content (AvgIpc) is 2.33. The second-order valence-corrected chi connectivity index (χ2v) is 7.28. The molecule has 1 aliphatic carbocycles. The maximum absolute atomic E-state index is 12.0. The van der Waals surface area contributed by atoms with Gasteiger partial charge in [-0.2, -0.15) is 0 Å². The van der Waals surface area contributed by atoms with Gasteiger partial charge in [-0.05, 0) is 52.4 Å². The first kappa shape index (κ1) is 16.1. The molecule has 0 atom stereocenters. The number of carbonyl (C=O) groups is 2. The van der Waals surface area contributed by atoms with Crippen LogP contribution in [-0.2, 0) is 9.53 Å². The molecule has 2 rings (SSSR count). The number of hydrogen-bond acceptors (Lipinski definition) is 3. The molecule has 1 saturated carbocycles. The number of carbonyl (C=O) groups excluding carboxylic acids is 2. The number of nitrogens with zero attached hydrogens (tertiary/aromatic N) is 1. The van der Waals surface area contributed by atoms with Crippen LogP contribution in [0.15, 0.2) is 0 Å². The highest BCUT2D eigenvalue weighted by molar-refractivity contribution is 5.79. The van der Waals surface area contributed by atoms with E-state index < -0.39 is 5.60 Å². The van der Waals surface area contributed by atoms with Crippen molar-refractivity contribution in [2.75, 3.05) is 19.6 Å². The molecule has 2 amide bonds. The van der Waals surface area contributed by atoms with Gasteiger partial charge in [0.05, 0.1) is 0 Å². The molecule has 2 aliphatic rings. The molecule has 120 valence electrons. The fourth-order valence-corrected chi connectivity index (χ4v) is 2.71. The molecule has 0 unspecified atom stereocenters. The summed E-state index contributed by atoms with van der Waals surface area (Å²) in [6.45, 7) is 7.84. The van der Waals surface area contributed by atoms with Crippen LogP contribution in [0.5, 0.6) is 0 Å². The fraction of sp³-hybridized carbons (Fsp3) is 0.875. The van der Waals surface area contributed by atoms with Gasteiger partial charge in [-0.3, -0.25) is 4.79 Å². The maximum atomic E-state index is 12.0. The Kier molecular flexibility index (Phi) is 5.12. The number of likely N-dealkylation sites (tertiary alicyclic amines) is 1. The van der Waals surface area contributed by atoms with Crippen LogP contribution < -0.4 is 5.32 Å². The number of hydrogen-bond donors (Lipinski definition) is 1. The van der Waals surface area contributed by atoms with E-state index in [2.05, 4.69) is 5.32 Å². The Morgan fingerprint density at radius 3 is 2.24 bits per heavy atom. The van der Waals surface area contributed by atoms with Crippen LogP contribution in [0, 0.1) is 11.8 Å². The maximum Gasteiger partial charge on any atom is 0.410 e. The summed E-state index contributed by atoms with van der Waals surface area (Å²) < 4.78 is 5.38. The summed E-state index contributed by atoms with van der Waals surface area (Å²) in [6.07, 6.45) is 4.92. The standard InChI is InChI=1S/C16H28N2O3/c1-16(2,3)21-15(20)18-9-7-12(8-10-18)11-17-14(19)13-5-4-6-13/h12-13H,4-11H2,1-3H3,(H,17,19). The molecule has 0 radical (unpaired) electrons. The third-order valence-electron chi connectivity index (χ3n) is 4.31. The monoisotopic (exact) mass is 296 g/mol. The van der Waals surface area contributed by atoms with Crippen LogP contribution in [0.25, 0.3) is 0 Å². The van der Waals surface area contributed by atoms with Gasteiger partial charge in [0.25, 0.3) is 0 Å². The zero-order valence-corrected chi connectivity index (χ0v) is 13.5. The molecule has 1 aliphatic heterocycles. The fourth-order valence-electron chi connectivity index (χ4n) is 2.71. The summed E-state index contributed by atoms with van der Waals surface area (Å²) in [5, 5.41) is 3.06. The highest BCUT2D eigenvalue weighted by Gasteiger charge is 2.28. The second kappa shape index (κ2) is 6.67. The third kappa shape index (κ3) is 4.90. The highest BCUT2D eigenvalue weighted by atomic mass is 16.6. The van der Waals surface area contributed by atoms with Crippen LogP contribution in [0.1, 0.15) is 52.9 Å². The molecular formula is C16H28N2O3. The summed E-state index contributed by atoms with van der Waals surface area (Å²) in [4.78, 5) is 25.5. The van der Waals surface area contributed by atoms with Gasteiger partial charge < -0.3 is 15.0 Å². The highest BCUT2D eigenvalue weighted by Crippen LogP contribution is 2.26. The summed E-state index contributed by atoms with van der Waals surface area (Å²) >= 11 is 0. The van der Waals surface area contributed by atoms with Crippen molar-refractivity contribution < 1.29 is 14.3 Å². The number of amides is 2. The van der Waals surface area contributed by atoms with Crippen LogP contribution in [0.2, 0.25) is 0 Å². The smallest absolute Gasteiger partial charge is 0.410 e. The van der Waals surface area contributed by atoms with E-state index in [1.165, 1.54) is 6.42 Å². The average molecular weight is 296 g/mol. The summed E-state index contributed by atoms with van der Waals surface area (Å²) in [5.74, 6) is 0.954. The lowest BCUT2D eigenvalue weighted by Crippen LogP contribution is -2.44. The van der Waals surface area contributed by atoms with Gasteiger partial charge in [-0.25, -0.2) is 4.79 Å². The normalized spacial score (nSPS) is 20.8. The first-order valence-corrected chi connectivity index (χ1v) is 8.11. The summed E-state index contributed by atoms with van der Waals surface area (Å²) in [6, 6.07) is 0. The van der Waals surface area contributed by atoms with Crippen molar-refractivity contribution in [3.05, 3.63) is 0 Å². The van der Waals surface area contributed by atoms with Gasteiger partial charge in [-0.1, -0.05) is 6.42 Å². The lowest BCUT2D eigenvalue weighted by Gasteiger charge is -2.34. The number of piperidine rings is 1. The zero-order chi connectivity index (χ0) is 15.5. The molecule has 0 spiro atoms. The number of nitrogens with one attached hydrogen (secondary N) is 1. The molecule has 5 nitrogen and oxygen atoms in total. The van der Waals surface area contributed by atoms with Crippen molar-refractivity contribution >= 4 is 12.0 Å². The van der Waals surface area contributed by atoms with Gasteiger partial charge in [0, 0.05) is 25.6 Å². The summed E-state index contributed by atoms with van der Waals surface area (Å²) in [7, 11) is 0. The molecule has 0 aromatic rings. The molecule has 1 N–H and O–H groups in total. The van der Waals surface area contributed by atoms with E-state index in [9.17, 15) is 9.59 Å². The Morgan fingerprint density at radius 2 is 1.76 bits per heavy atom. The van der Waals surface area contributed by atoms with Crippen molar-refractivity contribution in [1.82, 2.24) is 10.2 Å². The lowest BCUT2D eigenvalue weighted by atomic mass is 9.84. The van der Waals surface area contributed by atoms with E-state index in [4.69, 9.17) is 4.74 Å². The molecule has 2 fully saturated rings. The quantitative estimate of drug-likeness (QED) is 0.870.